The fourth-order valence-electron chi connectivity index (χ4n) is 2.35. The van der Waals surface area contributed by atoms with Gasteiger partial charge >= 0.3 is 0 Å². The first kappa shape index (κ1) is 13.1. The first-order valence-corrected chi connectivity index (χ1v) is 6.51. The number of benzene rings is 1. The lowest BCUT2D eigenvalue weighted by Gasteiger charge is -2.37. The van der Waals surface area contributed by atoms with Crippen LogP contribution in [0.15, 0.2) is 30.3 Å². The third kappa shape index (κ3) is 3.31. The van der Waals surface area contributed by atoms with Crippen molar-refractivity contribution in [3.05, 3.63) is 35.9 Å². The van der Waals surface area contributed by atoms with Crippen LogP contribution in [-0.4, -0.2) is 47.9 Å². The van der Waals surface area contributed by atoms with Gasteiger partial charge in [0.2, 0.25) is 0 Å². The Labute approximate surface area is 109 Å². The molecule has 1 aromatic carbocycles. The van der Waals surface area contributed by atoms with Crippen LogP contribution in [0.5, 0.6) is 0 Å². The average molecular weight is 246 g/mol. The molecule has 1 fully saturated rings. The van der Waals surface area contributed by atoms with Crippen LogP contribution in [0.25, 0.3) is 0 Å². The normalized spacial score (nSPS) is 19.6. The molecule has 2 rings (SSSR count). The Morgan fingerprint density at radius 2 is 1.83 bits per heavy atom. The minimum atomic E-state index is 0.0730. The molecular formula is C14H22N4. The summed E-state index contributed by atoms with van der Waals surface area (Å²) in [6.45, 7) is 7.11. The molecule has 0 radical (unpaired) electrons. The lowest BCUT2D eigenvalue weighted by Crippen LogP contribution is -2.52. The van der Waals surface area contributed by atoms with E-state index in [-0.39, 0.29) is 11.9 Å². The number of amidine groups is 1. The van der Waals surface area contributed by atoms with E-state index in [1.807, 2.05) is 6.92 Å². The largest absolute Gasteiger partial charge is 0.386 e. The highest BCUT2D eigenvalue weighted by molar-refractivity contribution is 5.82. The van der Waals surface area contributed by atoms with Gasteiger partial charge in [0.25, 0.3) is 0 Å². The summed E-state index contributed by atoms with van der Waals surface area (Å²) in [7, 11) is 0. The fourth-order valence-corrected chi connectivity index (χ4v) is 2.35. The standard InChI is InChI=1S/C14H22N4/c1-12(14(15)16)18-9-7-17(8-10-18)11-13-5-3-2-4-6-13/h2-6,12H,7-11H2,1H3,(H3,15,16). The SMILES string of the molecule is CC(C(=N)N)N1CCN(Cc2ccccc2)CC1. The van der Waals surface area contributed by atoms with E-state index in [1.165, 1.54) is 5.56 Å². The monoisotopic (exact) mass is 246 g/mol. The summed E-state index contributed by atoms with van der Waals surface area (Å²) in [6, 6.07) is 10.6. The van der Waals surface area contributed by atoms with Crippen molar-refractivity contribution in [2.24, 2.45) is 5.73 Å². The molecule has 0 bridgehead atoms. The van der Waals surface area contributed by atoms with Gasteiger partial charge in [-0.05, 0) is 12.5 Å². The average Bonchev–Trinajstić information content (AvgIpc) is 2.40. The van der Waals surface area contributed by atoms with E-state index in [2.05, 4.69) is 40.1 Å². The number of nitrogens with two attached hydrogens (primary N) is 1. The van der Waals surface area contributed by atoms with Crippen LogP contribution in [0.2, 0.25) is 0 Å². The molecular weight excluding hydrogens is 224 g/mol. The second-order valence-corrected chi connectivity index (χ2v) is 4.93. The molecule has 1 aromatic rings. The predicted octanol–water partition coefficient (Wildman–Crippen LogP) is 1.13. The molecule has 1 aliphatic heterocycles. The molecule has 98 valence electrons. The highest BCUT2D eigenvalue weighted by atomic mass is 15.3. The summed E-state index contributed by atoms with van der Waals surface area (Å²) in [6.07, 6.45) is 0. The van der Waals surface area contributed by atoms with Crippen LogP contribution >= 0.6 is 0 Å². The van der Waals surface area contributed by atoms with E-state index in [0.717, 1.165) is 32.7 Å². The Morgan fingerprint density at radius 3 is 2.39 bits per heavy atom. The first-order valence-electron chi connectivity index (χ1n) is 6.51. The van der Waals surface area contributed by atoms with Gasteiger partial charge in [-0.2, -0.15) is 0 Å². The summed E-state index contributed by atoms with van der Waals surface area (Å²) in [5, 5.41) is 7.49. The molecule has 18 heavy (non-hydrogen) atoms. The second-order valence-electron chi connectivity index (χ2n) is 4.93. The van der Waals surface area contributed by atoms with Gasteiger partial charge in [-0.25, -0.2) is 0 Å². The molecule has 0 saturated carbocycles. The van der Waals surface area contributed by atoms with Gasteiger partial charge in [0.1, 0.15) is 5.84 Å². The van der Waals surface area contributed by atoms with E-state index < -0.39 is 0 Å². The van der Waals surface area contributed by atoms with Crippen molar-refractivity contribution in [1.82, 2.24) is 9.80 Å². The Morgan fingerprint density at radius 1 is 1.22 bits per heavy atom. The first-order chi connectivity index (χ1) is 8.66. The van der Waals surface area contributed by atoms with E-state index in [1.54, 1.807) is 0 Å². The molecule has 0 spiro atoms. The molecule has 0 aliphatic carbocycles. The quantitative estimate of drug-likeness (QED) is 0.618. The van der Waals surface area contributed by atoms with Crippen LogP contribution < -0.4 is 5.73 Å². The molecule has 1 saturated heterocycles. The van der Waals surface area contributed by atoms with Crippen LogP contribution in [0.4, 0.5) is 0 Å². The van der Waals surface area contributed by atoms with Crippen molar-refractivity contribution < 1.29 is 0 Å². The number of hydrogen-bond acceptors (Lipinski definition) is 3. The van der Waals surface area contributed by atoms with E-state index in [9.17, 15) is 0 Å². The second kappa shape index (κ2) is 5.98. The fraction of sp³-hybridized carbons (Fsp3) is 0.500. The van der Waals surface area contributed by atoms with Gasteiger partial charge in [-0.15, -0.1) is 0 Å². The van der Waals surface area contributed by atoms with Crippen molar-refractivity contribution in [2.75, 3.05) is 26.2 Å². The highest BCUT2D eigenvalue weighted by Gasteiger charge is 2.22. The van der Waals surface area contributed by atoms with Crippen LogP contribution in [-0.2, 0) is 6.54 Å². The lowest BCUT2D eigenvalue weighted by atomic mass is 10.1. The smallest absolute Gasteiger partial charge is 0.108 e. The Hall–Kier alpha value is -1.39. The third-order valence-corrected chi connectivity index (χ3v) is 3.65. The van der Waals surface area contributed by atoms with Crippen molar-refractivity contribution in [3.8, 4) is 0 Å². The number of nitrogens with zero attached hydrogens (tertiary/aromatic N) is 2. The number of hydrogen-bond donors (Lipinski definition) is 2. The molecule has 1 heterocycles. The lowest BCUT2D eigenvalue weighted by molar-refractivity contribution is 0.117. The summed E-state index contributed by atoms with van der Waals surface area (Å²) in [5.74, 6) is 0.270. The number of rotatable bonds is 4. The maximum absolute atomic E-state index is 7.49. The van der Waals surface area contributed by atoms with Crippen molar-refractivity contribution in [3.63, 3.8) is 0 Å². The highest BCUT2D eigenvalue weighted by Crippen LogP contribution is 2.10. The van der Waals surface area contributed by atoms with Crippen molar-refractivity contribution >= 4 is 5.84 Å². The summed E-state index contributed by atoms with van der Waals surface area (Å²) in [4.78, 5) is 4.74. The Balaban J connectivity index is 1.82. The van der Waals surface area contributed by atoms with Gasteiger partial charge in [-0.1, -0.05) is 30.3 Å². The molecule has 4 nitrogen and oxygen atoms in total. The van der Waals surface area contributed by atoms with Gasteiger partial charge in [-0.3, -0.25) is 15.2 Å². The zero-order chi connectivity index (χ0) is 13.0. The summed E-state index contributed by atoms with van der Waals surface area (Å²) < 4.78 is 0. The van der Waals surface area contributed by atoms with E-state index >= 15 is 0 Å². The minimum absolute atomic E-state index is 0.0730. The van der Waals surface area contributed by atoms with Crippen LogP contribution in [0.1, 0.15) is 12.5 Å². The molecule has 4 heteroatoms. The molecule has 1 atom stereocenters. The maximum Gasteiger partial charge on any atom is 0.108 e. The van der Waals surface area contributed by atoms with Crippen molar-refractivity contribution in [2.45, 2.75) is 19.5 Å². The van der Waals surface area contributed by atoms with E-state index in [0.29, 0.717) is 0 Å². The topological polar surface area (TPSA) is 56.4 Å². The number of piperazine rings is 1. The molecule has 0 amide bonds. The zero-order valence-corrected chi connectivity index (χ0v) is 11.0. The minimum Gasteiger partial charge on any atom is -0.386 e. The van der Waals surface area contributed by atoms with Gasteiger partial charge in [0.15, 0.2) is 0 Å². The number of nitrogens with one attached hydrogen (secondary N) is 1. The maximum atomic E-state index is 7.49. The molecule has 1 aliphatic rings. The zero-order valence-electron chi connectivity index (χ0n) is 11.0. The van der Waals surface area contributed by atoms with Gasteiger partial charge < -0.3 is 5.73 Å². The van der Waals surface area contributed by atoms with Gasteiger partial charge in [0, 0.05) is 32.7 Å². The molecule has 0 aromatic heterocycles. The Bertz CT molecular complexity index is 382. The van der Waals surface area contributed by atoms with Crippen LogP contribution in [0, 0.1) is 5.41 Å². The van der Waals surface area contributed by atoms with Crippen molar-refractivity contribution in [1.29, 1.82) is 5.41 Å². The Kier molecular flexibility index (Phi) is 4.33. The van der Waals surface area contributed by atoms with Crippen LogP contribution in [0.3, 0.4) is 0 Å². The predicted molar refractivity (Wildman–Crippen MR) is 74.7 cm³/mol. The third-order valence-electron chi connectivity index (χ3n) is 3.65. The molecule has 3 N–H and O–H groups in total. The molecule has 1 unspecified atom stereocenters. The summed E-state index contributed by atoms with van der Waals surface area (Å²) >= 11 is 0. The van der Waals surface area contributed by atoms with Gasteiger partial charge in [0.05, 0.1) is 6.04 Å². The van der Waals surface area contributed by atoms with E-state index in [4.69, 9.17) is 11.1 Å². The summed E-state index contributed by atoms with van der Waals surface area (Å²) in [5.41, 5.74) is 6.92.